The fraction of sp³-hybridized carbons (Fsp3) is 0.130. The van der Waals surface area contributed by atoms with Crippen molar-refractivity contribution in [2.45, 2.75) is 11.8 Å². The number of para-hydroxylation sites is 2. The third kappa shape index (κ3) is 2.29. The molecule has 0 saturated heterocycles. The van der Waals surface area contributed by atoms with Gasteiger partial charge >= 0.3 is 0 Å². The van der Waals surface area contributed by atoms with E-state index in [1.807, 2.05) is 48.5 Å². The van der Waals surface area contributed by atoms with Crippen LogP contribution in [0.5, 0.6) is 0 Å². The van der Waals surface area contributed by atoms with Crippen LogP contribution in [0.15, 0.2) is 54.7 Å². The lowest BCUT2D eigenvalue weighted by molar-refractivity contribution is -0.126. The summed E-state index contributed by atoms with van der Waals surface area (Å²) in [6.45, 7) is 0.139. The molecule has 2 aromatic heterocycles. The summed E-state index contributed by atoms with van der Waals surface area (Å²) in [6, 6.07) is 15.3. The number of aromatic nitrogens is 3. The second kappa shape index (κ2) is 6.27. The summed E-state index contributed by atoms with van der Waals surface area (Å²) in [5.74, 6) is 2.58. The number of hydrogen-bond acceptors (Lipinski definition) is 5. The molecule has 6 rings (SSSR count). The van der Waals surface area contributed by atoms with Gasteiger partial charge in [0.1, 0.15) is 11.2 Å². The zero-order valence-corrected chi connectivity index (χ0v) is 17.0. The molecular weight excluding hydrogens is 410 g/mol. The number of terminal acetylenes is 1. The fourth-order valence-corrected chi connectivity index (χ4v) is 5.52. The number of rotatable bonds is 2. The first-order valence-corrected chi connectivity index (χ1v) is 10.5. The van der Waals surface area contributed by atoms with Crippen molar-refractivity contribution in [2.75, 3.05) is 16.8 Å². The Morgan fingerprint density at radius 2 is 1.94 bits per heavy atom. The van der Waals surface area contributed by atoms with Gasteiger partial charge in [-0.3, -0.25) is 14.5 Å². The van der Waals surface area contributed by atoms with Gasteiger partial charge in [0.05, 0.1) is 23.0 Å². The summed E-state index contributed by atoms with van der Waals surface area (Å²) in [4.78, 5) is 32.8. The minimum atomic E-state index is -1.15. The van der Waals surface area contributed by atoms with Crippen LogP contribution in [-0.4, -0.2) is 33.1 Å². The topological polar surface area (TPSA) is 80.1 Å². The van der Waals surface area contributed by atoms with Gasteiger partial charge in [-0.15, -0.1) is 6.42 Å². The van der Waals surface area contributed by atoms with E-state index in [0.717, 1.165) is 21.5 Å². The van der Waals surface area contributed by atoms with Crippen molar-refractivity contribution in [3.8, 4) is 17.5 Å². The van der Waals surface area contributed by atoms with Crippen molar-refractivity contribution < 1.29 is 9.59 Å². The van der Waals surface area contributed by atoms with Gasteiger partial charge in [0.15, 0.2) is 0 Å². The molecule has 8 heteroatoms. The number of amides is 2. The number of hydrogen-bond donors (Lipinski definition) is 1. The Morgan fingerprint density at radius 1 is 1.13 bits per heavy atom. The van der Waals surface area contributed by atoms with Gasteiger partial charge in [-0.1, -0.05) is 47.6 Å². The van der Waals surface area contributed by atoms with E-state index in [1.165, 1.54) is 11.3 Å². The van der Waals surface area contributed by atoms with Gasteiger partial charge in [0, 0.05) is 17.7 Å². The molecule has 4 heterocycles. The third-order valence-corrected chi connectivity index (χ3v) is 6.90. The highest BCUT2D eigenvalue weighted by Crippen LogP contribution is 2.52. The quantitative estimate of drug-likeness (QED) is 0.501. The highest BCUT2D eigenvalue weighted by molar-refractivity contribution is 7.20. The van der Waals surface area contributed by atoms with Crippen LogP contribution in [0.4, 0.5) is 11.5 Å². The Labute approximate surface area is 181 Å². The molecule has 31 heavy (non-hydrogen) atoms. The van der Waals surface area contributed by atoms with Crippen molar-refractivity contribution in [3.63, 3.8) is 0 Å². The van der Waals surface area contributed by atoms with Gasteiger partial charge < -0.3 is 5.32 Å². The fourth-order valence-electron chi connectivity index (χ4n) is 4.59. The zero-order valence-electron chi connectivity index (χ0n) is 16.2. The lowest BCUT2D eigenvalue weighted by atomic mass is 9.72. The Hall–Kier alpha value is -3.96. The first kappa shape index (κ1) is 17.9. The van der Waals surface area contributed by atoms with Crippen LogP contribution in [0.1, 0.15) is 17.5 Å². The largest absolute Gasteiger partial charge is 0.310 e. The molecule has 0 fully saturated rings. The number of carbonyl (C=O) groups excluding carboxylic acids is 2. The number of nitrogens with zero attached hydrogens (tertiary/aromatic N) is 4. The van der Waals surface area contributed by atoms with Crippen LogP contribution >= 0.6 is 11.3 Å². The van der Waals surface area contributed by atoms with E-state index in [9.17, 15) is 9.59 Å². The molecule has 1 unspecified atom stereocenters. The van der Waals surface area contributed by atoms with E-state index < -0.39 is 5.41 Å². The molecule has 2 aromatic carbocycles. The highest BCUT2D eigenvalue weighted by Gasteiger charge is 2.57. The van der Waals surface area contributed by atoms with Gasteiger partial charge in [0.25, 0.3) is 0 Å². The van der Waals surface area contributed by atoms with Crippen LogP contribution < -0.4 is 10.2 Å². The summed E-state index contributed by atoms with van der Waals surface area (Å²) in [5.41, 5.74) is 1.86. The van der Waals surface area contributed by atoms with E-state index in [-0.39, 0.29) is 24.8 Å². The maximum atomic E-state index is 13.7. The Morgan fingerprint density at radius 3 is 2.77 bits per heavy atom. The maximum absolute atomic E-state index is 13.7. The van der Waals surface area contributed by atoms with Crippen LogP contribution in [0.25, 0.3) is 15.3 Å². The molecular formula is C23H15N5O2S. The van der Waals surface area contributed by atoms with E-state index >= 15 is 0 Å². The first-order chi connectivity index (χ1) is 15.1. The van der Waals surface area contributed by atoms with E-state index in [2.05, 4.69) is 21.3 Å². The molecule has 1 atom stereocenters. The Balaban J connectivity index is 1.59. The molecule has 2 amide bonds. The monoisotopic (exact) mass is 425 g/mol. The minimum Gasteiger partial charge on any atom is -0.310 e. The second-order valence-electron chi connectivity index (χ2n) is 7.53. The van der Waals surface area contributed by atoms with Gasteiger partial charge in [-0.2, -0.15) is 9.78 Å². The molecule has 150 valence electrons. The first-order valence-electron chi connectivity index (χ1n) is 9.73. The molecule has 0 saturated carbocycles. The van der Waals surface area contributed by atoms with Gasteiger partial charge in [0.2, 0.25) is 16.9 Å². The number of thiazole rings is 1. The average molecular weight is 425 g/mol. The molecule has 7 nitrogen and oxygen atoms in total. The molecule has 1 N–H and O–H groups in total. The number of nitrogens with one attached hydrogen (secondary N) is 1. The number of fused-ring (bicyclic) bond motifs is 5. The molecule has 1 spiro atoms. The summed E-state index contributed by atoms with van der Waals surface area (Å²) in [7, 11) is 0. The molecule has 2 aliphatic rings. The maximum Gasteiger partial charge on any atom is 0.243 e. The lowest BCUT2D eigenvalue weighted by Gasteiger charge is -2.32. The summed E-state index contributed by atoms with van der Waals surface area (Å²) < 4.78 is 2.62. The zero-order chi connectivity index (χ0) is 21.2. The highest BCUT2D eigenvalue weighted by atomic mass is 32.1. The number of carbonyl (C=O) groups is 2. The van der Waals surface area contributed by atoms with E-state index in [4.69, 9.17) is 6.42 Å². The van der Waals surface area contributed by atoms with E-state index in [0.29, 0.717) is 16.5 Å². The predicted octanol–water partition coefficient (Wildman–Crippen LogP) is 3.09. The molecule has 2 aliphatic heterocycles. The molecule has 0 bridgehead atoms. The van der Waals surface area contributed by atoms with E-state index in [1.54, 1.807) is 15.8 Å². The van der Waals surface area contributed by atoms with Crippen molar-refractivity contribution in [2.24, 2.45) is 0 Å². The molecule has 4 aromatic rings. The SMILES string of the molecule is C#CCN1C(=O)C2(CC(=O)Nc3c2cnn3-c2nc3ccccc3s2)c2ccccc21. The standard InChI is InChI=1S/C23H15N5O2S/c1-2-11-27-17-9-5-3-7-14(17)23(21(27)30)12-19(29)26-20-15(23)13-24-28(20)22-25-16-8-4-6-10-18(16)31-22/h1,3-10,13H,11-12H2,(H,26,29). The Kier molecular flexibility index (Phi) is 3.61. The van der Waals surface area contributed by atoms with Crippen molar-refractivity contribution in [1.29, 1.82) is 0 Å². The molecule has 0 aliphatic carbocycles. The van der Waals surface area contributed by atoms with Crippen molar-refractivity contribution >= 4 is 44.9 Å². The van der Waals surface area contributed by atoms with Crippen molar-refractivity contribution in [1.82, 2.24) is 14.8 Å². The normalized spacial score (nSPS) is 19.4. The third-order valence-electron chi connectivity index (χ3n) is 5.89. The number of anilines is 2. The van der Waals surface area contributed by atoms with Gasteiger partial charge in [-0.25, -0.2) is 4.98 Å². The van der Waals surface area contributed by atoms with Crippen LogP contribution in [0.2, 0.25) is 0 Å². The summed E-state index contributed by atoms with van der Waals surface area (Å²) >= 11 is 1.47. The molecule has 0 radical (unpaired) electrons. The summed E-state index contributed by atoms with van der Waals surface area (Å²) in [5, 5.41) is 8.08. The predicted molar refractivity (Wildman–Crippen MR) is 118 cm³/mol. The van der Waals surface area contributed by atoms with Crippen LogP contribution in [0.3, 0.4) is 0 Å². The average Bonchev–Trinajstić information content (AvgIpc) is 3.45. The number of benzene rings is 2. The minimum absolute atomic E-state index is 0.00244. The van der Waals surface area contributed by atoms with Gasteiger partial charge in [-0.05, 0) is 23.8 Å². The lowest BCUT2D eigenvalue weighted by Crippen LogP contribution is -2.46. The smallest absolute Gasteiger partial charge is 0.243 e. The van der Waals surface area contributed by atoms with Crippen LogP contribution in [0, 0.1) is 12.3 Å². The van der Waals surface area contributed by atoms with Crippen molar-refractivity contribution in [3.05, 3.63) is 65.9 Å². The van der Waals surface area contributed by atoms with Crippen LogP contribution in [-0.2, 0) is 15.0 Å². The Bertz CT molecular complexity index is 1410. The second-order valence-corrected chi connectivity index (χ2v) is 8.53. The summed E-state index contributed by atoms with van der Waals surface area (Å²) in [6.07, 6.45) is 7.20.